The molecule has 1 aromatic carbocycles. The van der Waals surface area contributed by atoms with Crippen LogP contribution >= 0.6 is 12.6 Å². The Morgan fingerprint density at radius 3 is 2.77 bits per heavy atom. The summed E-state index contributed by atoms with van der Waals surface area (Å²) in [4.78, 5) is 11.5. The van der Waals surface area contributed by atoms with E-state index in [0.29, 0.717) is 0 Å². The van der Waals surface area contributed by atoms with Crippen molar-refractivity contribution >= 4 is 18.6 Å². The number of thiol groups is 1. The molecule has 4 heteroatoms. The Morgan fingerprint density at radius 1 is 1.46 bits per heavy atom. The number of carbonyl (C=O) groups is 1. The molecule has 0 atom stereocenters. The van der Waals surface area contributed by atoms with Gasteiger partial charge in [-0.05, 0) is 6.07 Å². The summed E-state index contributed by atoms with van der Waals surface area (Å²) in [5, 5.41) is 0. The fourth-order valence-electron chi connectivity index (χ4n) is 0.850. The van der Waals surface area contributed by atoms with Crippen molar-refractivity contribution < 1.29 is 9.53 Å². The lowest BCUT2D eigenvalue weighted by molar-refractivity contribution is -0.143. The standard InChI is InChI=1S/C9H11NO2S/c10-5-9(11)12-6-7-3-1-2-4-8(7)13/h1-4,13H,5-6,10H2. The summed E-state index contributed by atoms with van der Waals surface area (Å²) in [5.74, 6) is -0.406. The van der Waals surface area contributed by atoms with Crippen LogP contribution in [0, 0.1) is 0 Å². The number of rotatable bonds is 3. The van der Waals surface area contributed by atoms with Crippen LogP contribution < -0.4 is 5.73 Å². The first-order valence-corrected chi connectivity index (χ1v) is 4.31. The molecule has 0 bridgehead atoms. The van der Waals surface area contributed by atoms with Gasteiger partial charge in [0, 0.05) is 10.5 Å². The minimum Gasteiger partial charge on any atom is -0.460 e. The van der Waals surface area contributed by atoms with Gasteiger partial charge in [-0.1, -0.05) is 18.2 Å². The van der Waals surface area contributed by atoms with Crippen LogP contribution in [0.15, 0.2) is 29.2 Å². The normalized spacial score (nSPS) is 9.69. The maximum atomic E-state index is 10.7. The average Bonchev–Trinajstić information content (AvgIpc) is 2.16. The Hall–Kier alpha value is -1.00. The van der Waals surface area contributed by atoms with Gasteiger partial charge in [0.15, 0.2) is 0 Å². The lowest BCUT2D eigenvalue weighted by Gasteiger charge is -2.05. The highest BCUT2D eigenvalue weighted by Crippen LogP contribution is 2.13. The van der Waals surface area contributed by atoms with E-state index in [4.69, 9.17) is 10.5 Å². The van der Waals surface area contributed by atoms with E-state index in [1.165, 1.54) is 0 Å². The monoisotopic (exact) mass is 197 g/mol. The third-order valence-corrected chi connectivity index (χ3v) is 1.98. The van der Waals surface area contributed by atoms with E-state index in [9.17, 15) is 4.79 Å². The quantitative estimate of drug-likeness (QED) is 0.561. The van der Waals surface area contributed by atoms with Crippen LogP contribution in [0.3, 0.4) is 0 Å². The third kappa shape index (κ3) is 3.08. The van der Waals surface area contributed by atoms with Crippen molar-refractivity contribution in [2.75, 3.05) is 6.54 Å². The second kappa shape index (κ2) is 4.89. The van der Waals surface area contributed by atoms with Crippen molar-refractivity contribution in [2.45, 2.75) is 11.5 Å². The molecule has 13 heavy (non-hydrogen) atoms. The van der Waals surface area contributed by atoms with Crippen molar-refractivity contribution in [3.63, 3.8) is 0 Å². The maximum Gasteiger partial charge on any atom is 0.320 e. The molecule has 0 unspecified atom stereocenters. The molecular weight excluding hydrogens is 186 g/mol. The van der Waals surface area contributed by atoms with E-state index in [0.717, 1.165) is 10.5 Å². The second-order valence-electron chi connectivity index (χ2n) is 2.49. The maximum absolute atomic E-state index is 10.7. The Morgan fingerprint density at radius 2 is 2.15 bits per heavy atom. The molecule has 2 N–H and O–H groups in total. The first-order chi connectivity index (χ1) is 6.24. The van der Waals surface area contributed by atoms with Gasteiger partial charge in [0.05, 0.1) is 6.54 Å². The van der Waals surface area contributed by atoms with Gasteiger partial charge in [0.1, 0.15) is 6.61 Å². The van der Waals surface area contributed by atoms with Crippen LogP contribution in [0.25, 0.3) is 0 Å². The van der Waals surface area contributed by atoms with Crippen molar-refractivity contribution in [1.29, 1.82) is 0 Å². The summed E-state index contributed by atoms with van der Waals surface area (Å²) in [6.45, 7) is 0.143. The molecule has 0 radical (unpaired) electrons. The molecule has 0 aliphatic carbocycles. The Balaban J connectivity index is 2.54. The molecule has 1 rings (SSSR count). The second-order valence-corrected chi connectivity index (χ2v) is 2.98. The fraction of sp³-hybridized carbons (Fsp3) is 0.222. The fourth-order valence-corrected chi connectivity index (χ4v) is 1.08. The van der Waals surface area contributed by atoms with E-state index in [1.54, 1.807) is 0 Å². The van der Waals surface area contributed by atoms with Gasteiger partial charge in [0.2, 0.25) is 0 Å². The lowest BCUT2D eigenvalue weighted by atomic mass is 10.2. The zero-order valence-corrected chi connectivity index (χ0v) is 7.96. The van der Waals surface area contributed by atoms with Crippen LogP contribution in [0.2, 0.25) is 0 Å². The van der Waals surface area contributed by atoms with Crippen molar-refractivity contribution in [3.05, 3.63) is 29.8 Å². The molecule has 0 spiro atoms. The van der Waals surface area contributed by atoms with E-state index in [1.807, 2.05) is 24.3 Å². The highest BCUT2D eigenvalue weighted by molar-refractivity contribution is 7.80. The van der Waals surface area contributed by atoms with Crippen molar-refractivity contribution in [2.24, 2.45) is 5.73 Å². The summed E-state index contributed by atoms with van der Waals surface area (Å²) in [6.07, 6.45) is 0. The zero-order chi connectivity index (χ0) is 9.68. The predicted octanol–water partition coefficient (Wildman–Crippen LogP) is 0.977. The van der Waals surface area contributed by atoms with Crippen LogP contribution in [-0.4, -0.2) is 12.5 Å². The number of ether oxygens (including phenoxy) is 1. The SMILES string of the molecule is NCC(=O)OCc1ccccc1S. The van der Waals surface area contributed by atoms with E-state index >= 15 is 0 Å². The van der Waals surface area contributed by atoms with Gasteiger partial charge in [-0.25, -0.2) is 0 Å². The third-order valence-electron chi connectivity index (χ3n) is 1.55. The molecule has 0 amide bonds. The van der Waals surface area contributed by atoms with Crippen LogP contribution in [0.5, 0.6) is 0 Å². The number of nitrogens with two attached hydrogens (primary N) is 1. The van der Waals surface area contributed by atoms with Crippen LogP contribution in [0.1, 0.15) is 5.56 Å². The molecule has 0 aliphatic heterocycles. The van der Waals surface area contributed by atoms with Crippen molar-refractivity contribution in [3.8, 4) is 0 Å². The molecule has 1 aromatic rings. The molecular formula is C9H11NO2S. The van der Waals surface area contributed by atoms with Gasteiger partial charge in [-0.15, -0.1) is 12.6 Å². The summed E-state index contributed by atoms with van der Waals surface area (Å²) >= 11 is 4.21. The van der Waals surface area contributed by atoms with Gasteiger partial charge in [0.25, 0.3) is 0 Å². The first kappa shape index (κ1) is 10.1. The lowest BCUT2D eigenvalue weighted by Crippen LogP contribution is -2.16. The topological polar surface area (TPSA) is 52.3 Å². The van der Waals surface area contributed by atoms with Crippen LogP contribution in [-0.2, 0) is 16.1 Å². The Bertz CT molecular complexity index is 301. The van der Waals surface area contributed by atoms with Gasteiger partial charge in [-0.3, -0.25) is 4.79 Å². The summed E-state index contributed by atoms with van der Waals surface area (Å²) < 4.78 is 4.85. The summed E-state index contributed by atoms with van der Waals surface area (Å²) in [7, 11) is 0. The molecule has 0 saturated heterocycles. The zero-order valence-electron chi connectivity index (χ0n) is 7.06. The first-order valence-electron chi connectivity index (χ1n) is 3.86. The molecule has 3 nitrogen and oxygen atoms in total. The van der Waals surface area contributed by atoms with Crippen LogP contribution in [0.4, 0.5) is 0 Å². The van der Waals surface area contributed by atoms with Gasteiger partial charge < -0.3 is 10.5 Å². The Kier molecular flexibility index (Phi) is 3.79. The molecule has 0 aromatic heterocycles. The molecule has 0 aliphatic rings. The van der Waals surface area contributed by atoms with Gasteiger partial charge in [-0.2, -0.15) is 0 Å². The molecule has 70 valence electrons. The highest BCUT2D eigenvalue weighted by atomic mass is 32.1. The minimum absolute atomic E-state index is 0.0886. The van der Waals surface area contributed by atoms with Crippen molar-refractivity contribution in [1.82, 2.24) is 0 Å². The molecule has 0 fully saturated rings. The van der Waals surface area contributed by atoms with Gasteiger partial charge >= 0.3 is 5.97 Å². The number of hydrogen-bond acceptors (Lipinski definition) is 4. The summed E-state index contributed by atoms with van der Waals surface area (Å²) in [5.41, 5.74) is 5.96. The predicted molar refractivity (Wildman–Crippen MR) is 52.5 cm³/mol. The van der Waals surface area contributed by atoms with E-state index in [2.05, 4.69) is 12.6 Å². The number of carbonyl (C=O) groups excluding carboxylic acids is 1. The van der Waals surface area contributed by atoms with E-state index in [-0.39, 0.29) is 13.2 Å². The Labute approximate surface area is 82.3 Å². The minimum atomic E-state index is -0.406. The smallest absolute Gasteiger partial charge is 0.320 e. The molecule has 0 heterocycles. The number of hydrogen-bond donors (Lipinski definition) is 2. The summed E-state index contributed by atoms with van der Waals surface area (Å²) in [6, 6.07) is 7.43. The highest BCUT2D eigenvalue weighted by Gasteiger charge is 2.01. The number of benzene rings is 1. The average molecular weight is 197 g/mol. The van der Waals surface area contributed by atoms with E-state index < -0.39 is 5.97 Å². The largest absolute Gasteiger partial charge is 0.460 e. The number of esters is 1. The molecule has 0 saturated carbocycles.